The highest BCUT2D eigenvalue weighted by atomic mass is 16.5. The lowest BCUT2D eigenvalue weighted by Crippen LogP contribution is -2.32. The Morgan fingerprint density at radius 3 is 3.12 bits per heavy atom. The van der Waals surface area contributed by atoms with Crippen LogP contribution in [-0.2, 0) is 18.2 Å². The number of hydrogen-bond acceptors (Lipinski definition) is 3. The maximum absolute atomic E-state index is 6.13. The summed E-state index contributed by atoms with van der Waals surface area (Å²) in [5, 5.41) is 0. The molecule has 90 valence electrons. The molecule has 0 aromatic carbocycles. The van der Waals surface area contributed by atoms with Gasteiger partial charge in [0.2, 0.25) is 0 Å². The molecule has 0 radical (unpaired) electrons. The van der Waals surface area contributed by atoms with Crippen molar-refractivity contribution in [2.45, 2.75) is 44.2 Å². The van der Waals surface area contributed by atoms with E-state index in [1.165, 1.54) is 12.8 Å². The van der Waals surface area contributed by atoms with E-state index in [0.29, 0.717) is 6.10 Å². The largest absolute Gasteiger partial charge is 0.378 e. The molecule has 1 aromatic heterocycles. The van der Waals surface area contributed by atoms with Crippen molar-refractivity contribution in [1.29, 1.82) is 0 Å². The standard InChI is InChI=1S/C12H21N3O/c1-15-6-5-14-12(15)9-10(13)8-11-4-2-3-7-16-11/h5-6,10-11H,2-4,7-9,13H2,1H3. The Morgan fingerprint density at radius 1 is 1.62 bits per heavy atom. The van der Waals surface area contributed by atoms with Crippen LogP contribution in [0.5, 0.6) is 0 Å². The first-order valence-electron chi connectivity index (χ1n) is 6.09. The maximum Gasteiger partial charge on any atom is 0.109 e. The molecule has 2 N–H and O–H groups in total. The summed E-state index contributed by atoms with van der Waals surface area (Å²) in [4.78, 5) is 4.29. The highest BCUT2D eigenvalue weighted by Crippen LogP contribution is 2.17. The Bertz CT molecular complexity index is 318. The summed E-state index contributed by atoms with van der Waals surface area (Å²) in [5.41, 5.74) is 6.13. The molecule has 4 nitrogen and oxygen atoms in total. The van der Waals surface area contributed by atoms with Crippen molar-refractivity contribution < 1.29 is 4.74 Å². The van der Waals surface area contributed by atoms with E-state index < -0.39 is 0 Å². The minimum atomic E-state index is 0.157. The lowest BCUT2D eigenvalue weighted by atomic mass is 10.0. The molecular formula is C12H21N3O. The molecule has 0 saturated carbocycles. The topological polar surface area (TPSA) is 53.1 Å². The zero-order chi connectivity index (χ0) is 11.4. The number of hydrogen-bond donors (Lipinski definition) is 1. The summed E-state index contributed by atoms with van der Waals surface area (Å²) in [7, 11) is 2.01. The zero-order valence-corrected chi connectivity index (χ0v) is 9.93. The lowest BCUT2D eigenvalue weighted by molar-refractivity contribution is 0.00735. The van der Waals surface area contributed by atoms with Crippen molar-refractivity contribution in [2.75, 3.05) is 6.61 Å². The van der Waals surface area contributed by atoms with Gasteiger partial charge in [0.05, 0.1) is 6.10 Å². The SMILES string of the molecule is Cn1ccnc1CC(N)CC1CCCCO1. The van der Waals surface area contributed by atoms with Gasteiger partial charge in [0.15, 0.2) is 0 Å². The zero-order valence-electron chi connectivity index (χ0n) is 9.93. The third-order valence-electron chi connectivity index (χ3n) is 3.21. The Hall–Kier alpha value is -0.870. The Morgan fingerprint density at radius 2 is 2.50 bits per heavy atom. The van der Waals surface area contributed by atoms with E-state index in [1.54, 1.807) is 0 Å². The first-order chi connectivity index (χ1) is 7.75. The second-order valence-corrected chi connectivity index (χ2v) is 4.64. The van der Waals surface area contributed by atoms with E-state index >= 15 is 0 Å². The molecule has 0 amide bonds. The van der Waals surface area contributed by atoms with Crippen LogP contribution in [0.2, 0.25) is 0 Å². The van der Waals surface area contributed by atoms with Crippen LogP contribution in [0.1, 0.15) is 31.5 Å². The predicted molar refractivity (Wildman–Crippen MR) is 63.1 cm³/mol. The number of rotatable bonds is 4. The second kappa shape index (κ2) is 5.46. The molecule has 4 heteroatoms. The number of nitrogens with two attached hydrogens (primary N) is 1. The summed E-state index contributed by atoms with van der Waals surface area (Å²) in [6.45, 7) is 0.903. The van der Waals surface area contributed by atoms with Crippen LogP contribution in [0.25, 0.3) is 0 Å². The first-order valence-corrected chi connectivity index (χ1v) is 6.09. The van der Waals surface area contributed by atoms with E-state index in [2.05, 4.69) is 4.98 Å². The summed E-state index contributed by atoms with van der Waals surface area (Å²) in [6, 6.07) is 0.157. The van der Waals surface area contributed by atoms with Gasteiger partial charge in [-0.05, 0) is 25.7 Å². The van der Waals surface area contributed by atoms with E-state index in [0.717, 1.165) is 31.7 Å². The monoisotopic (exact) mass is 223 g/mol. The van der Waals surface area contributed by atoms with Gasteiger partial charge < -0.3 is 15.0 Å². The van der Waals surface area contributed by atoms with Crippen molar-refractivity contribution in [3.63, 3.8) is 0 Å². The number of nitrogens with zero attached hydrogens (tertiary/aromatic N) is 2. The van der Waals surface area contributed by atoms with Gasteiger partial charge in [-0.15, -0.1) is 0 Å². The summed E-state index contributed by atoms with van der Waals surface area (Å²) in [6.07, 6.45) is 9.57. The van der Waals surface area contributed by atoms with Crippen LogP contribution in [-0.4, -0.2) is 28.3 Å². The summed E-state index contributed by atoms with van der Waals surface area (Å²) in [5.74, 6) is 1.06. The lowest BCUT2D eigenvalue weighted by Gasteiger charge is -2.25. The van der Waals surface area contributed by atoms with Gasteiger partial charge in [-0.25, -0.2) is 4.98 Å². The summed E-state index contributed by atoms with van der Waals surface area (Å²) < 4.78 is 7.72. The van der Waals surface area contributed by atoms with Crippen molar-refractivity contribution in [3.8, 4) is 0 Å². The van der Waals surface area contributed by atoms with Gasteiger partial charge in [0.25, 0.3) is 0 Å². The second-order valence-electron chi connectivity index (χ2n) is 4.64. The molecule has 0 aliphatic carbocycles. The molecule has 0 spiro atoms. The Labute approximate surface area is 96.8 Å². The van der Waals surface area contributed by atoms with Crippen molar-refractivity contribution in [2.24, 2.45) is 12.8 Å². The van der Waals surface area contributed by atoms with Gasteiger partial charge in [0, 0.05) is 38.5 Å². The van der Waals surface area contributed by atoms with Crippen LogP contribution in [0, 0.1) is 0 Å². The van der Waals surface area contributed by atoms with E-state index in [4.69, 9.17) is 10.5 Å². The molecule has 16 heavy (non-hydrogen) atoms. The fraction of sp³-hybridized carbons (Fsp3) is 0.750. The molecule has 1 aliphatic heterocycles. The van der Waals surface area contributed by atoms with Gasteiger partial charge in [-0.2, -0.15) is 0 Å². The third-order valence-corrected chi connectivity index (χ3v) is 3.21. The first kappa shape index (κ1) is 11.6. The van der Waals surface area contributed by atoms with E-state index in [-0.39, 0.29) is 6.04 Å². The van der Waals surface area contributed by atoms with Crippen LogP contribution in [0.3, 0.4) is 0 Å². The normalized spacial score (nSPS) is 23.2. The van der Waals surface area contributed by atoms with E-state index in [1.807, 2.05) is 24.0 Å². The van der Waals surface area contributed by atoms with Crippen molar-refractivity contribution in [1.82, 2.24) is 9.55 Å². The predicted octanol–water partition coefficient (Wildman–Crippen LogP) is 1.25. The number of imidazole rings is 1. The van der Waals surface area contributed by atoms with E-state index in [9.17, 15) is 0 Å². The van der Waals surface area contributed by atoms with Crippen molar-refractivity contribution in [3.05, 3.63) is 18.2 Å². The smallest absolute Gasteiger partial charge is 0.109 e. The Balaban J connectivity index is 1.79. The fourth-order valence-electron chi connectivity index (χ4n) is 2.24. The fourth-order valence-corrected chi connectivity index (χ4v) is 2.24. The molecule has 2 heterocycles. The maximum atomic E-state index is 6.13. The van der Waals surface area contributed by atoms with Crippen LogP contribution in [0.15, 0.2) is 12.4 Å². The van der Waals surface area contributed by atoms with Gasteiger partial charge >= 0.3 is 0 Å². The number of aromatic nitrogens is 2. The summed E-state index contributed by atoms with van der Waals surface area (Å²) >= 11 is 0. The average Bonchev–Trinajstić information content (AvgIpc) is 2.66. The molecule has 0 bridgehead atoms. The molecule has 2 unspecified atom stereocenters. The van der Waals surface area contributed by atoms with Crippen LogP contribution in [0.4, 0.5) is 0 Å². The third kappa shape index (κ3) is 3.06. The molecule has 1 saturated heterocycles. The minimum Gasteiger partial charge on any atom is -0.378 e. The van der Waals surface area contributed by atoms with Gasteiger partial charge in [-0.1, -0.05) is 0 Å². The van der Waals surface area contributed by atoms with Crippen LogP contribution >= 0.6 is 0 Å². The number of aryl methyl sites for hydroxylation is 1. The molecule has 1 aliphatic rings. The van der Waals surface area contributed by atoms with Gasteiger partial charge in [-0.3, -0.25) is 0 Å². The highest BCUT2D eigenvalue weighted by Gasteiger charge is 2.18. The van der Waals surface area contributed by atoms with Crippen molar-refractivity contribution >= 4 is 0 Å². The van der Waals surface area contributed by atoms with Crippen LogP contribution < -0.4 is 5.73 Å². The van der Waals surface area contributed by atoms with Gasteiger partial charge in [0.1, 0.15) is 5.82 Å². The minimum absolute atomic E-state index is 0.157. The highest BCUT2D eigenvalue weighted by molar-refractivity contribution is 4.94. The molecule has 2 rings (SSSR count). The number of ether oxygens (including phenoxy) is 1. The quantitative estimate of drug-likeness (QED) is 0.835. The molecular weight excluding hydrogens is 202 g/mol. The molecule has 1 fully saturated rings. The Kier molecular flexibility index (Phi) is 3.96. The molecule has 1 aromatic rings. The molecule has 2 atom stereocenters. The average molecular weight is 223 g/mol.